The Morgan fingerprint density at radius 1 is 1.27 bits per heavy atom. The monoisotopic (exact) mass is 354 g/mol. The Morgan fingerprint density at radius 3 is 2.77 bits per heavy atom. The summed E-state index contributed by atoms with van der Waals surface area (Å²) in [5.41, 5.74) is 0.758. The SMILES string of the molecule is Cc1nnc(NC(=O)c2coc(-c3ccc(Cl)c(Cl)c3)n2)s1. The third-order valence-corrected chi connectivity index (χ3v) is 4.14. The Balaban J connectivity index is 1.80. The second-order valence-corrected chi connectivity index (χ2v) is 6.24. The van der Waals surface area contributed by atoms with E-state index < -0.39 is 5.91 Å². The largest absolute Gasteiger partial charge is 0.444 e. The van der Waals surface area contributed by atoms with E-state index in [1.54, 1.807) is 25.1 Å². The molecule has 0 spiro atoms. The second kappa shape index (κ2) is 6.04. The van der Waals surface area contributed by atoms with Gasteiger partial charge in [-0.15, -0.1) is 10.2 Å². The molecule has 22 heavy (non-hydrogen) atoms. The highest BCUT2D eigenvalue weighted by Gasteiger charge is 2.15. The van der Waals surface area contributed by atoms with Crippen LogP contribution in [-0.4, -0.2) is 21.1 Å². The maximum absolute atomic E-state index is 12.0. The normalized spacial score (nSPS) is 10.7. The molecule has 0 radical (unpaired) electrons. The summed E-state index contributed by atoms with van der Waals surface area (Å²) in [6.07, 6.45) is 1.26. The summed E-state index contributed by atoms with van der Waals surface area (Å²) < 4.78 is 5.30. The maximum Gasteiger partial charge on any atom is 0.279 e. The van der Waals surface area contributed by atoms with E-state index in [0.29, 0.717) is 20.7 Å². The van der Waals surface area contributed by atoms with Gasteiger partial charge < -0.3 is 4.42 Å². The number of aryl methyl sites for hydroxylation is 1. The second-order valence-electron chi connectivity index (χ2n) is 4.25. The molecule has 2 aromatic heterocycles. The Hall–Kier alpha value is -1.96. The van der Waals surface area contributed by atoms with Gasteiger partial charge in [0.1, 0.15) is 11.3 Å². The molecule has 0 bridgehead atoms. The molecule has 0 fully saturated rings. The Bertz CT molecular complexity index is 846. The minimum atomic E-state index is -0.425. The maximum atomic E-state index is 12.0. The van der Waals surface area contributed by atoms with Crippen molar-refractivity contribution in [2.24, 2.45) is 0 Å². The van der Waals surface area contributed by atoms with Gasteiger partial charge in [0.2, 0.25) is 11.0 Å². The number of carbonyl (C=O) groups is 1. The predicted molar refractivity (Wildman–Crippen MR) is 84.6 cm³/mol. The Kier molecular flexibility index (Phi) is 4.10. The van der Waals surface area contributed by atoms with E-state index in [9.17, 15) is 4.79 Å². The number of amides is 1. The van der Waals surface area contributed by atoms with Gasteiger partial charge in [-0.1, -0.05) is 34.5 Å². The van der Waals surface area contributed by atoms with Crippen molar-refractivity contribution in [3.63, 3.8) is 0 Å². The molecule has 112 valence electrons. The molecule has 0 aliphatic heterocycles. The number of hydrogen-bond donors (Lipinski definition) is 1. The van der Waals surface area contributed by atoms with E-state index in [1.807, 2.05) is 0 Å². The van der Waals surface area contributed by atoms with Gasteiger partial charge in [0.15, 0.2) is 5.69 Å². The van der Waals surface area contributed by atoms with Crippen molar-refractivity contribution in [2.75, 3.05) is 5.32 Å². The van der Waals surface area contributed by atoms with Crippen LogP contribution >= 0.6 is 34.5 Å². The molecule has 1 amide bonds. The standard InChI is InChI=1S/C13H8Cl2N4O2S/c1-6-18-19-13(22-6)17-11(20)10-5-21-12(16-10)7-2-3-8(14)9(15)4-7/h2-5H,1H3,(H,17,19,20). The summed E-state index contributed by atoms with van der Waals surface area (Å²) in [5.74, 6) is -0.150. The summed E-state index contributed by atoms with van der Waals surface area (Å²) in [6, 6.07) is 4.95. The molecule has 3 aromatic rings. The van der Waals surface area contributed by atoms with Crippen molar-refractivity contribution in [3.05, 3.63) is 45.2 Å². The number of halogens is 2. The minimum absolute atomic E-state index is 0.133. The molecule has 0 aliphatic rings. The first-order valence-corrected chi connectivity index (χ1v) is 7.62. The summed E-state index contributed by atoms with van der Waals surface area (Å²) in [5, 5.41) is 12.2. The third-order valence-electron chi connectivity index (χ3n) is 2.65. The van der Waals surface area contributed by atoms with E-state index in [4.69, 9.17) is 27.6 Å². The zero-order valence-electron chi connectivity index (χ0n) is 11.1. The summed E-state index contributed by atoms with van der Waals surface area (Å²) >= 11 is 13.1. The summed E-state index contributed by atoms with van der Waals surface area (Å²) in [7, 11) is 0. The predicted octanol–water partition coefficient (Wildman–Crippen LogP) is 4.06. The smallest absolute Gasteiger partial charge is 0.279 e. The fourth-order valence-electron chi connectivity index (χ4n) is 1.65. The molecule has 1 aromatic carbocycles. The van der Waals surface area contributed by atoms with Crippen molar-refractivity contribution in [1.29, 1.82) is 0 Å². The number of benzene rings is 1. The fourth-order valence-corrected chi connectivity index (χ4v) is 2.53. The van der Waals surface area contributed by atoms with Crippen LogP contribution in [-0.2, 0) is 0 Å². The van der Waals surface area contributed by atoms with Gasteiger partial charge in [-0.2, -0.15) is 0 Å². The van der Waals surface area contributed by atoms with Crippen molar-refractivity contribution in [3.8, 4) is 11.5 Å². The average Bonchev–Trinajstić information content (AvgIpc) is 3.11. The molecule has 3 rings (SSSR count). The first kappa shape index (κ1) is 15.0. The molecule has 9 heteroatoms. The molecular formula is C13H8Cl2N4O2S. The van der Waals surface area contributed by atoms with Gasteiger partial charge >= 0.3 is 0 Å². The molecule has 0 unspecified atom stereocenters. The van der Waals surface area contributed by atoms with Crippen LogP contribution in [0.15, 0.2) is 28.9 Å². The minimum Gasteiger partial charge on any atom is -0.444 e. The van der Waals surface area contributed by atoms with Crippen LogP contribution in [0.4, 0.5) is 5.13 Å². The van der Waals surface area contributed by atoms with E-state index >= 15 is 0 Å². The van der Waals surface area contributed by atoms with Crippen LogP contribution < -0.4 is 5.32 Å². The first-order valence-electron chi connectivity index (χ1n) is 6.05. The number of hydrogen-bond acceptors (Lipinski definition) is 6. The van der Waals surface area contributed by atoms with Gasteiger partial charge in [0.25, 0.3) is 5.91 Å². The molecule has 0 saturated carbocycles. The number of anilines is 1. The van der Waals surface area contributed by atoms with Crippen LogP contribution in [0.3, 0.4) is 0 Å². The van der Waals surface area contributed by atoms with Crippen molar-refractivity contribution in [1.82, 2.24) is 15.2 Å². The van der Waals surface area contributed by atoms with Crippen LogP contribution in [0.2, 0.25) is 10.0 Å². The Labute approximate surface area is 139 Å². The van der Waals surface area contributed by atoms with Crippen molar-refractivity contribution >= 4 is 45.6 Å². The number of aromatic nitrogens is 3. The van der Waals surface area contributed by atoms with Gasteiger partial charge in [-0.3, -0.25) is 10.1 Å². The lowest BCUT2D eigenvalue weighted by molar-refractivity contribution is 0.102. The third kappa shape index (κ3) is 3.11. The number of oxazole rings is 1. The van der Waals surface area contributed by atoms with Gasteiger partial charge in [-0.25, -0.2) is 4.98 Å². The van der Waals surface area contributed by atoms with Gasteiger partial charge in [-0.05, 0) is 25.1 Å². The number of nitrogens with one attached hydrogen (secondary N) is 1. The van der Waals surface area contributed by atoms with E-state index in [1.165, 1.54) is 17.6 Å². The molecule has 0 aliphatic carbocycles. The highest BCUT2D eigenvalue weighted by atomic mass is 35.5. The van der Waals surface area contributed by atoms with Crippen LogP contribution in [0.1, 0.15) is 15.5 Å². The highest BCUT2D eigenvalue weighted by molar-refractivity contribution is 7.15. The lowest BCUT2D eigenvalue weighted by atomic mass is 10.2. The van der Waals surface area contributed by atoms with Crippen LogP contribution in [0.25, 0.3) is 11.5 Å². The van der Waals surface area contributed by atoms with Gasteiger partial charge in [0.05, 0.1) is 10.0 Å². The van der Waals surface area contributed by atoms with Crippen LogP contribution in [0.5, 0.6) is 0 Å². The van der Waals surface area contributed by atoms with E-state index in [0.717, 1.165) is 5.01 Å². The van der Waals surface area contributed by atoms with Gasteiger partial charge in [0, 0.05) is 5.56 Å². The number of nitrogens with zero attached hydrogens (tertiary/aromatic N) is 3. The van der Waals surface area contributed by atoms with Crippen LogP contribution in [0, 0.1) is 6.92 Å². The van der Waals surface area contributed by atoms with E-state index in [-0.39, 0.29) is 11.6 Å². The quantitative estimate of drug-likeness (QED) is 0.766. The highest BCUT2D eigenvalue weighted by Crippen LogP contribution is 2.28. The summed E-state index contributed by atoms with van der Waals surface area (Å²) in [4.78, 5) is 16.2. The lowest BCUT2D eigenvalue weighted by Gasteiger charge is -1.98. The molecule has 0 atom stereocenters. The van der Waals surface area contributed by atoms with E-state index in [2.05, 4.69) is 20.5 Å². The Morgan fingerprint density at radius 2 is 2.09 bits per heavy atom. The fraction of sp³-hybridized carbons (Fsp3) is 0.0769. The lowest BCUT2D eigenvalue weighted by Crippen LogP contribution is -2.12. The van der Waals surface area contributed by atoms with Crippen molar-refractivity contribution < 1.29 is 9.21 Å². The zero-order chi connectivity index (χ0) is 15.7. The first-order chi connectivity index (χ1) is 10.5. The number of carbonyl (C=O) groups excluding carboxylic acids is 1. The molecule has 1 N–H and O–H groups in total. The molecule has 2 heterocycles. The molecule has 6 nitrogen and oxygen atoms in total. The zero-order valence-corrected chi connectivity index (χ0v) is 13.5. The molecule has 0 saturated heterocycles. The number of rotatable bonds is 3. The van der Waals surface area contributed by atoms with Crippen molar-refractivity contribution in [2.45, 2.75) is 6.92 Å². The summed E-state index contributed by atoms with van der Waals surface area (Å²) in [6.45, 7) is 1.80. The average molecular weight is 355 g/mol. The molecular weight excluding hydrogens is 347 g/mol. The topological polar surface area (TPSA) is 80.9 Å².